The van der Waals surface area contributed by atoms with Crippen molar-refractivity contribution >= 4 is 11.8 Å². The Morgan fingerprint density at radius 1 is 1.43 bits per heavy atom. The highest BCUT2D eigenvalue weighted by Gasteiger charge is 2.32. The zero-order valence-corrected chi connectivity index (χ0v) is 13.8. The van der Waals surface area contributed by atoms with Gasteiger partial charge >= 0.3 is 0 Å². The van der Waals surface area contributed by atoms with Crippen LogP contribution in [0.15, 0.2) is 12.2 Å². The molecule has 0 aromatic carbocycles. The van der Waals surface area contributed by atoms with Gasteiger partial charge in [0, 0.05) is 24.7 Å². The molecule has 0 aromatic heterocycles. The second-order valence-corrected chi connectivity index (χ2v) is 6.56. The van der Waals surface area contributed by atoms with Crippen LogP contribution in [0.5, 0.6) is 0 Å². The van der Waals surface area contributed by atoms with Crippen LogP contribution in [-0.2, 0) is 9.59 Å². The van der Waals surface area contributed by atoms with Gasteiger partial charge in [-0.15, -0.1) is 0 Å². The molecule has 21 heavy (non-hydrogen) atoms. The molecule has 0 bridgehead atoms. The Morgan fingerprint density at radius 3 is 2.52 bits per heavy atom. The van der Waals surface area contributed by atoms with Crippen LogP contribution in [0.2, 0.25) is 0 Å². The van der Waals surface area contributed by atoms with Gasteiger partial charge in [-0.25, -0.2) is 0 Å². The number of amides is 2. The SMILES string of the molecule is C=C(C)C(=O)N1CCC[C@@H]1CN(C)C(CC(C)C)C(N)=O. The average molecular weight is 295 g/mol. The van der Waals surface area contributed by atoms with Crippen LogP contribution in [0.1, 0.15) is 40.0 Å². The van der Waals surface area contributed by atoms with Crippen molar-refractivity contribution in [1.82, 2.24) is 9.80 Å². The second-order valence-electron chi connectivity index (χ2n) is 6.56. The lowest BCUT2D eigenvalue weighted by Crippen LogP contribution is -2.49. The Bertz CT molecular complexity index is 406. The molecule has 0 aromatic rings. The van der Waals surface area contributed by atoms with Crippen molar-refractivity contribution < 1.29 is 9.59 Å². The number of carbonyl (C=O) groups is 2. The highest BCUT2D eigenvalue weighted by atomic mass is 16.2. The van der Waals surface area contributed by atoms with Crippen molar-refractivity contribution in [1.29, 1.82) is 0 Å². The average Bonchev–Trinajstić information content (AvgIpc) is 2.82. The van der Waals surface area contributed by atoms with Gasteiger partial charge in [0.2, 0.25) is 11.8 Å². The van der Waals surface area contributed by atoms with Crippen molar-refractivity contribution in [3.63, 3.8) is 0 Å². The summed E-state index contributed by atoms with van der Waals surface area (Å²) in [7, 11) is 1.92. The minimum absolute atomic E-state index is 0.0189. The monoisotopic (exact) mass is 295 g/mol. The van der Waals surface area contributed by atoms with Gasteiger partial charge in [-0.1, -0.05) is 20.4 Å². The van der Waals surface area contributed by atoms with Gasteiger partial charge in [-0.2, -0.15) is 0 Å². The number of primary amides is 1. The van der Waals surface area contributed by atoms with E-state index in [9.17, 15) is 9.59 Å². The molecular formula is C16H29N3O2. The molecule has 2 atom stereocenters. The Balaban J connectivity index is 2.71. The summed E-state index contributed by atoms with van der Waals surface area (Å²) in [4.78, 5) is 27.7. The quantitative estimate of drug-likeness (QED) is 0.722. The van der Waals surface area contributed by atoms with E-state index in [1.54, 1.807) is 6.92 Å². The van der Waals surface area contributed by atoms with Crippen molar-refractivity contribution in [2.45, 2.75) is 52.1 Å². The van der Waals surface area contributed by atoms with Gasteiger partial charge in [-0.3, -0.25) is 14.5 Å². The third-order valence-electron chi connectivity index (χ3n) is 4.06. The molecular weight excluding hydrogens is 266 g/mol. The maximum Gasteiger partial charge on any atom is 0.249 e. The fourth-order valence-corrected chi connectivity index (χ4v) is 2.96. The molecule has 1 saturated heterocycles. The summed E-state index contributed by atoms with van der Waals surface area (Å²) in [5.74, 6) is 0.133. The summed E-state index contributed by atoms with van der Waals surface area (Å²) in [6, 6.07) is -0.124. The molecule has 1 fully saturated rings. The first-order valence-electron chi connectivity index (χ1n) is 7.70. The zero-order valence-electron chi connectivity index (χ0n) is 13.8. The Labute approximate surface area is 128 Å². The number of hydrogen-bond donors (Lipinski definition) is 1. The van der Waals surface area contributed by atoms with Gasteiger partial charge in [0.15, 0.2) is 0 Å². The largest absolute Gasteiger partial charge is 0.368 e. The number of nitrogens with zero attached hydrogens (tertiary/aromatic N) is 2. The standard InChI is InChI=1S/C16H29N3O2/c1-11(2)9-14(15(17)20)18(5)10-13-7-6-8-19(13)16(21)12(3)4/h11,13-14H,3,6-10H2,1-2,4-5H3,(H2,17,20)/t13-,14?/m1/s1. The number of likely N-dealkylation sites (N-methyl/N-ethyl adjacent to an activating group) is 1. The topological polar surface area (TPSA) is 66.6 Å². The summed E-state index contributed by atoms with van der Waals surface area (Å²) in [6.07, 6.45) is 2.71. The number of rotatable bonds is 7. The van der Waals surface area contributed by atoms with Crippen LogP contribution in [0.25, 0.3) is 0 Å². The number of hydrogen-bond acceptors (Lipinski definition) is 3. The molecule has 2 N–H and O–H groups in total. The molecule has 5 nitrogen and oxygen atoms in total. The number of likely N-dealkylation sites (tertiary alicyclic amines) is 1. The summed E-state index contributed by atoms with van der Waals surface area (Å²) >= 11 is 0. The Hall–Kier alpha value is -1.36. The minimum Gasteiger partial charge on any atom is -0.368 e. The highest BCUT2D eigenvalue weighted by molar-refractivity contribution is 5.92. The first-order valence-corrected chi connectivity index (χ1v) is 7.70. The first-order chi connectivity index (χ1) is 9.73. The van der Waals surface area contributed by atoms with Gasteiger partial charge in [0.25, 0.3) is 0 Å². The lowest BCUT2D eigenvalue weighted by Gasteiger charge is -2.33. The van der Waals surface area contributed by atoms with E-state index in [0.29, 0.717) is 18.0 Å². The van der Waals surface area contributed by atoms with E-state index in [1.807, 2.05) is 16.8 Å². The first kappa shape index (κ1) is 17.7. The van der Waals surface area contributed by atoms with Crippen molar-refractivity contribution in [3.05, 3.63) is 12.2 Å². The van der Waals surface area contributed by atoms with Gasteiger partial charge in [0.05, 0.1) is 6.04 Å². The van der Waals surface area contributed by atoms with Crippen LogP contribution >= 0.6 is 0 Å². The van der Waals surface area contributed by atoms with Gasteiger partial charge < -0.3 is 10.6 Å². The molecule has 0 aliphatic carbocycles. The maximum atomic E-state index is 12.1. The van der Waals surface area contributed by atoms with Crippen molar-refractivity contribution in [2.75, 3.05) is 20.1 Å². The molecule has 1 rings (SSSR count). The molecule has 1 aliphatic rings. The number of nitrogens with two attached hydrogens (primary N) is 1. The zero-order chi connectivity index (χ0) is 16.2. The molecule has 120 valence electrons. The normalized spacial score (nSPS) is 20.1. The van der Waals surface area contributed by atoms with E-state index in [2.05, 4.69) is 20.4 Å². The molecule has 0 spiro atoms. The predicted molar refractivity (Wildman–Crippen MR) is 84.6 cm³/mol. The molecule has 5 heteroatoms. The van der Waals surface area contributed by atoms with E-state index >= 15 is 0 Å². The van der Waals surface area contributed by atoms with Crippen LogP contribution in [-0.4, -0.2) is 53.8 Å². The van der Waals surface area contributed by atoms with E-state index in [0.717, 1.165) is 25.8 Å². The van der Waals surface area contributed by atoms with Gasteiger partial charge in [-0.05, 0) is 39.2 Å². The van der Waals surface area contributed by atoms with Crippen LogP contribution in [0.3, 0.4) is 0 Å². The van der Waals surface area contributed by atoms with Crippen molar-refractivity contribution in [3.8, 4) is 0 Å². The molecule has 0 radical (unpaired) electrons. The summed E-state index contributed by atoms with van der Waals surface area (Å²) in [6.45, 7) is 11.1. The third-order valence-corrected chi connectivity index (χ3v) is 4.06. The summed E-state index contributed by atoms with van der Waals surface area (Å²) in [5.41, 5.74) is 6.10. The van der Waals surface area contributed by atoms with E-state index in [-0.39, 0.29) is 23.9 Å². The smallest absolute Gasteiger partial charge is 0.249 e. The van der Waals surface area contributed by atoms with E-state index in [1.165, 1.54) is 0 Å². The maximum absolute atomic E-state index is 12.1. The molecule has 0 saturated carbocycles. The number of carbonyl (C=O) groups excluding carboxylic acids is 2. The lowest BCUT2D eigenvalue weighted by molar-refractivity contribution is -0.128. The highest BCUT2D eigenvalue weighted by Crippen LogP contribution is 2.21. The summed E-state index contributed by atoms with van der Waals surface area (Å²) < 4.78 is 0. The molecule has 1 unspecified atom stereocenters. The van der Waals surface area contributed by atoms with Gasteiger partial charge in [0.1, 0.15) is 0 Å². The van der Waals surface area contributed by atoms with Crippen LogP contribution in [0, 0.1) is 5.92 Å². The van der Waals surface area contributed by atoms with E-state index < -0.39 is 0 Å². The fraction of sp³-hybridized carbons (Fsp3) is 0.750. The Kier molecular flexibility index (Phi) is 6.40. The second kappa shape index (κ2) is 7.59. The lowest BCUT2D eigenvalue weighted by atomic mass is 10.0. The summed E-state index contributed by atoms with van der Waals surface area (Å²) in [5, 5.41) is 0. The fourth-order valence-electron chi connectivity index (χ4n) is 2.96. The Morgan fingerprint density at radius 2 is 2.05 bits per heavy atom. The molecule has 1 heterocycles. The molecule has 1 aliphatic heterocycles. The molecule has 2 amide bonds. The van der Waals surface area contributed by atoms with Crippen LogP contribution < -0.4 is 5.73 Å². The van der Waals surface area contributed by atoms with Crippen molar-refractivity contribution in [2.24, 2.45) is 11.7 Å². The van der Waals surface area contributed by atoms with E-state index in [4.69, 9.17) is 5.73 Å². The third kappa shape index (κ3) is 4.84. The predicted octanol–water partition coefficient (Wildman–Crippen LogP) is 1.39. The van der Waals surface area contributed by atoms with Crippen LogP contribution in [0.4, 0.5) is 0 Å². The minimum atomic E-state index is -0.290.